The number of hydrogen-bond donors (Lipinski definition) is 1. The molecule has 2 heterocycles. The van der Waals surface area contributed by atoms with Crippen molar-refractivity contribution in [2.75, 3.05) is 25.4 Å². The number of ether oxygens (including phenoxy) is 1. The van der Waals surface area contributed by atoms with Crippen molar-refractivity contribution in [2.45, 2.75) is 39.5 Å². The van der Waals surface area contributed by atoms with E-state index in [9.17, 15) is 32.4 Å². The highest BCUT2D eigenvalue weighted by Crippen LogP contribution is 2.07. The van der Waals surface area contributed by atoms with E-state index in [1.54, 1.807) is 44.5 Å². The lowest BCUT2D eigenvalue weighted by atomic mass is 10.2. The predicted octanol–water partition coefficient (Wildman–Crippen LogP) is -3.84. The van der Waals surface area contributed by atoms with E-state index in [0.717, 1.165) is 4.31 Å². The summed E-state index contributed by atoms with van der Waals surface area (Å²) in [6, 6.07) is 5.42. The van der Waals surface area contributed by atoms with Crippen LogP contribution >= 0.6 is 0 Å². The number of nitrogens with zero attached hydrogens (tertiary/aromatic N) is 3. The Hall–Kier alpha value is -3.94. The van der Waals surface area contributed by atoms with Gasteiger partial charge in [-0.05, 0) is 45.0 Å². The molecule has 0 bridgehead atoms. The quantitative estimate of drug-likeness (QED) is 0.336. The van der Waals surface area contributed by atoms with Crippen LogP contribution in [0.5, 0.6) is 0 Å². The summed E-state index contributed by atoms with van der Waals surface area (Å²) in [5, 5.41) is 2.54. The Morgan fingerprint density at radius 2 is 1.25 bits per heavy atom. The third-order valence-electron chi connectivity index (χ3n) is 4.95. The molecule has 0 aliphatic heterocycles. The molecule has 192 valence electrons. The van der Waals surface area contributed by atoms with E-state index in [4.69, 9.17) is 4.74 Å². The second kappa shape index (κ2) is 12.2. The minimum atomic E-state index is -4.00. The number of carbonyl (C=O) groups excluding carboxylic acids is 5. The van der Waals surface area contributed by atoms with Crippen LogP contribution in [0.2, 0.25) is 0 Å². The Morgan fingerprint density at radius 3 is 1.58 bits per heavy atom. The van der Waals surface area contributed by atoms with E-state index in [-0.39, 0.29) is 54.1 Å². The minimum absolute atomic E-state index is 0.0402. The molecule has 0 aromatic carbocycles. The molecule has 0 spiro atoms. The van der Waals surface area contributed by atoms with E-state index in [0.29, 0.717) is 0 Å². The third kappa shape index (κ3) is 7.53. The molecule has 2 aromatic rings. The molecule has 36 heavy (non-hydrogen) atoms. The van der Waals surface area contributed by atoms with Gasteiger partial charge in [-0.25, -0.2) is 32.4 Å². The fourth-order valence-corrected chi connectivity index (χ4v) is 4.65. The molecule has 0 saturated carbocycles. The van der Waals surface area contributed by atoms with Crippen molar-refractivity contribution in [3.8, 4) is 0 Å². The maximum Gasteiger partial charge on any atom is 0.407 e. The Balaban J connectivity index is 2.28. The van der Waals surface area contributed by atoms with E-state index < -0.39 is 27.5 Å². The predicted molar refractivity (Wildman–Crippen MR) is 126 cm³/mol. The molecule has 1 amide bonds. The number of alkyl carbamates (subject to hydrolysis) is 1. The van der Waals surface area contributed by atoms with Crippen LogP contribution in [0.15, 0.2) is 24.3 Å². The summed E-state index contributed by atoms with van der Waals surface area (Å²) < 4.78 is 35.0. The SMILES string of the molecule is CC(C)(C)OC(=O)NCCS(=O)(=O)N(CCn1c(=C=O)ccc1=C=O)CCn1c(=C=O)ccc1=C=O. The van der Waals surface area contributed by atoms with Crippen molar-refractivity contribution in [1.82, 2.24) is 18.8 Å². The molecule has 0 atom stereocenters. The van der Waals surface area contributed by atoms with Gasteiger partial charge in [0.15, 0.2) is 23.8 Å². The van der Waals surface area contributed by atoms with Crippen molar-refractivity contribution >= 4 is 39.9 Å². The first-order chi connectivity index (χ1) is 17.0. The van der Waals surface area contributed by atoms with Gasteiger partial charge in [0, 0.05) is 32.7 Å². The summed E-state index contributed by atoms with van der Waals surface area (Å²) in [5.41, 5.74) is -0.760. The lowest BCUT2D eigenvalue weighted by Gasteiger charge is -2.23. The standard InChI is InChI=1S/C23H26N4O8S/c1-23(2,3)35-22(32)24-8-13-36(33,34)25(9-11-26-18(14-28)4-5-19(26)15-29)10-12-27-20(16-30)6-7-21(27)17-31/h4-7H,8-13H2,1-3H3,(H,24,32). The maximum absolute atomic E-state index is 13.1. The highest BCUT2D eigenvalue weighted by atomic mass is 32.2. The highest BCUT2D eigenvalue weighted by Gasteiger charge is 2.23. The van der Waals surface area contributed by atoms with Crippen LogP contribution in [0.3, 0.4) is 0 Å². The van der Waals surface area contributed by atoms with Crippen LogP contribution in [0.4, 0.5) is 4.79 Å². The van der Waals surface area contributed by atoms with Gasteiger partial charge in [0.1, 0.15) is 27.0 Å². The van der Waals surface area contributed by atoms with Crippen LogP contribution in [-0.2, 0) is 47.0 Å². The monoisotopic (exact) mass is 518 g/mol. The smallest absolute Gasteiger partial charge is 0.407 e. The number of amides is 1. The first-order valence-corrected chi connectivity index (χ1v) is 12.4. The van der Waals surface area contributed by atoms with Gasteiger partial charge >= 0.3 is 6.09 Å². The van der Waals surface area contributed by atoms with Crippen LogP contribution < -0.4 is 26.7 Å². The topological polar surface area (TPSA) is 154 Å². The largest absolute Gasteiger partial charge is 0.444 e. The van der Waals surface area contributed by atoms with Crippen molar-refractivity contribution in [1.29, 1.82) is 0 Å². The Morgan fingerprint density at radius 1 is 0.861 bits per heavy atom. The molecule has 12 nitrogen and oxygen atoms in total. The minimum Gasteiger partial charge on any atom is -0.444 e. The van der Waals surface area contributed by atoms with E-state index in [1.807, 2.05) is 0 Å². The number of carbonyl (C=O) groups is 1. The van der Waals surface area contributed by atoms with Crippen LogP contribution in [0, 0.1) is 0 Å². The van der Waals surface area contributed by atoms with E-state index >= 15 is 0 Å². The van der Waals surface area contributed by atoms with Crippen molar-refractivity contribution in [2.24, 2.45) is 0 Å². The zero-order valence-electron chi connectivity index (χ0n) is 20.1. The number of sulfonamides is 1. The van der Waals surface area contributed by atoms with Crippen molar-refractivity contribution in [3.05, 3.63) is 45.7 Å². The zero-order chi connectivity index (χ0) is 26.9. The molecule has 13 heteroatoms. The average molecular weight is 519 g/mol. The van der Waals surface area contributed by atoms with Gasteiger partial charge in [-0.1, -0.05) is 0 Å². The first-order valence-electron chi connectivity index (χ1n) is 10.8. The first kappa shape index (κ1) is 28.3. The number of aromatic nitrogens is 2. The zero-order valence-corrected chi connectivity index (χ0v) is 20.9. The number of hydrogen-bond acceptors (Lipinski definition) is 8. The van der Waals surface area contributed by atoms with E-state index in [2.05, 4.69) is 5.32 Å². The van der Waals surface area contributed by atoms with Crippen LogP contribution in [0.25, 0.3) is 0 Å². The van der Waals surface area contributed by atoms with Crippen LogP contribution in [0.1, 0.15) is 20.8 Å². The maximum atomic E-state index is 13.1. The lowest BCUT2D eigenvalue weighted by Crippen LogP contribution is -2.44. The molecule has 0 saturated heterocycles. The Bertz CT molecular complexity index is 1380. The molecular formula is C23H26N4O8S. The van der Waals surface area contributed by atoms with Crippen LogP contribution in [-0.4, -0.2) is 82.7 Å². The number of rotatable bonds is 10. The third-order valence-corrected chi connectivity index (χ3v) is 6.82. The Kier molecular flexibility index (Phi) is 9.55. The van der Waals surface area contributed by atoms with Crippen molar-refractivity contribution in [3.63, 3.8) is 0 Å². The van der Waals surface area contributed by atoms with Gasteiger partial charge in [0.05, 0.1) is 5.75 Å². The second-order valence-electron chi connectivity index (χ2n) is 8.56. The summed E-state index contributed by atoms with van der Waals surface area (Å²) >= 11 is 0. The summed E-state index contributed by atoms with van der Waals surface area (Å²) in [5.74, 6) is 6.22. The molecule has 0 aliphatic carbocycles. The van der Waals surface area contributed by atoms with Gasteiger partial charge in [-0.3, -0.25) is 0 Å². The molecule has 2 aromatic heterocycles. The van der Waals surface area contributed by atoms with E-state index in [1.165, 1.54) is 33.4 Å². The average Bonchev–Trinajstić information content (AvgIpc) is 3.39. The summed E-state index contributed by atoms with van der Waals surface area (Å²) in [4.78, 5) is 56.6. The van der Waals surface area contributed by atoms with Gasteiger partial charge in [-0.15, -0.1) is 0 Å². The van der Waals surface area contributed by atoms with Gasteiger partial charge in [0.2, 0.25) is 10.0 Å². The van der Waals surface area contributed by atoms with Crippen molar-refractivity contribution < 1.29 is 37.1 Å². The molecule has 1 N–H and O–H groups in total. The molecule has 2 rings (SSSR count). The van der Waals surface area contributed by atoms with Gasteiger partial charge in [-0.2, -0.15) is 4.31 Å². The normalized spacial score (nSPS) is 11.3. The fourth-order valence-electron chi connectivity index (χ4n) is 3.31. The fraction of sp³-hybridized carbons (Fsp3) is 0.435. The summed E-state index contributed by atoms with van der Waals surface area (Å²) in [6.07, 6.45) is -0.779. The molecule has 0 radical (unpaired) electrons. The summed E-state index contributed by atoms with van der Waals surface area (Å²) in [7, 11) is -4.00. The highest BCUT2D eigenvalue weighted by molar-refractivity contribution is 7.89. The van der Waals surface area contributed by atoms with Gasteiger partial charge < -0.3 is 19.2 Å². The summed E-state index contributed by atoms with van der Waals surface area (Å²) in [6.45, 7) is 4.25. The lowest BCUT2D eigenvalue weighted by molar-refractivity contribution is 0.0531. The van der Waals surface area contributed by atoms with Gasteiger partial charge in [0.25, 0.3) is 0 Å². The second-order valence-corrected chi connectivity index (χ2v) is 10.7. The molecular weight excluding hydrogens is 492 g/mol. The molecule has 0 aliphatic rings. The number of nitrogens with one attached hydrogen (secondary N) is 1. The molecule has 0 fully saturated rings. The Labute approximate surface area is 206 Å². The molecule has 0 unspecified atom stereocenters.